The van der Waals surface area contributed by atoms with Gasteiger partial charge in [-0.1, -0.05) is 6.07 Å². The van der Waals surface area contributed by atoms with Gasteiger partial charge in [-0.2, -0.15) is 0 Å². The fraction of sp³-hybridized carbons (Fsp3) is 0.429. The zero-order valence-electron chi connectivity index (χ0n) is 12.0. The van der Waals surface area contributed by atoms with E-state index in [4.69, 9.17) is 4.74 Å². The second kappa shape index (κ2) is 6.38. The van der Waals surface area contributed by atoms with E-state index in [0.717, 1.165) is 24.4 Å². The molecule has 1 unspecified atom stereocenters. The fourth-order valence-corrected chi connectivity index (χ4v) is 2.02. The van der Waals surface area contributed by atoms with Crippen LogP contribution in [0.15, 0.2) is 24.5 Å². The van der Waals surface area contributed by atoms with E-state index in [0.29, 0.717) is 5.75 Å². The van der Waals surface area contributed by atoms with Gasteiger partial charge in [0.1, 0.15) is 12.2 Å². The molecule has 1 heterocycles. The molecule has 0 saturated heterocycles. The summed E-state index contributed by atoms with van der Waals surface area (Å²) in [5.41, 5.74) is 1.07. The Kier molecular flexibility index (Phi) is 4.57. The van der Waals surface area contributed by atoms with Gasteiger partial charge in [0, 0.05) is 26.1 Å². The third-order valence-corrected chi connectivity index (χ3v) is 3.31. The van der Waals surface area contributed by atoms with Gasteiger partial charge in [-0.15, -0.1) is 10.2 Å². The number of methoxy groups -OCH3 is 1. The van der Waals surface area contributed by atoms with Crippen molar-refractivity contribution in [3.8, 4) is 11.5 Å². The first-order valence-corrected chi connectivity index (χ1v) is 6.55. The molecule has 1 aromatic heterocycles. The molecule has 2 rings (SSSR count). The highest BCUT2D eigenvalue weighted by Crippen LogP contribution is 2.28. The zero-order chi connectivity index (χ0) is 14.5. The molecule has 0 saturated carbocycles. The second-order valence-corrected chi connectivity index (χ2v) is 4.72. The Labute approximate surface area is 118 Å². The molecule has 0 spiro atoms. The summed E-state index contributed by atoms with van der Waals surface area (Å²) in [6.45, 7) is 2.87. The van der Waals surface area contributed by atoms with Crippen molar-refractivity contribution in [2.24, 2.45) is 7.05 Å². The monoisotopic (exact) mass is 276 g/mol. The normalized spacial score (nSPS) is 12.3. The van der Waals surface area contributed by atoms with Gasteiger partial charge in [0.05, 0.1) is 7.11 Å². The van der Waals surface area contributed by atoms with Gasteiger partial charge >= 0.3 is 0 Å². The molecule has 6 heteroatoms. The van der Waals surface area contributed by atoms with Crippen LogP contribution in [-0.2, 0) is 13.5 Å². The van der Waals surface area contributed by atoms with Crippen LogP contribution in [0.2, 0.25) is 0 Å². The van der Waals surface area contributed by atoms with Crippen LogP contribution in [0.4, 0.5) is 0 Å². The molecule has 2 aromatic rings. The molecule has 2 N–H and O–H groups in total. The number of nitrogens with one attached hydrogen (secondary N) is 1. The first kappa shape index (κ1) is 14.3. The molecule has 20 heavy (non-hydrogen) atoms. The van der Waals surface area contributed by atoms with Crippen LogP contribution in [0.5, 0.6) is 11.5 Å². The van der Waals surface area contributed by atoms with Crippen molar-refractivity contribution in [1.82, 2.24) is 20.1 Å². The fourth-order valence-electron chi connectivity index (χ4n) is 2.02. The second-order valence-electron chi connectivity index (χ2n) is 4.72. The van der Waals surface area contributed by atoms with Crippen molar-refractivity contribution in [3.63, 3.8) is 0 Å². The van der Waals surface area contributed by atoms with E-state index >= 15 is 0 Å². The van der Waals surface area contributed by atoms with Crippen molar-refractivity contribution in [1.29, 1.82) is 0 Å². The third-order valence-electron chi connectivity index (χ3n) is 3.31. The quantitative estimate of drug-likeness (QED) is 0.835. The summed E-state index contributed by atoms with van der Waals surface area (Å²) in [4.78, 5) is 0. The predicted octanol–water partition coefficient (Wildman–Crippen LogP) is 1.42. The average Bonchev–Trinajstić information content (AvgIpc) is 2.85. The van der Waals surface area contributed by atoms with E-state index in [1.54, 1.807) is 19.5 Å². The van der Waals surface area contributed by atoms with E-state index < -0.39 is 0 Å². The topological polar surface area (TPSA) is 72.2 Å². The molecule has 0 aliphatic carbocycles. The van der Waals surface area contributed by atoms with Crippen molar-refractivity contribution < 1.29 is 9.84 Å². The minimum Gasteiger partial charge on any atom is -0.504 e. The Bertz CT molecular complexity index is 568. The largest absolute Gasteiger partial charge is 0.504 e. The standard InChI is InChI=1S/C14H20N4O2/c1-10(11-4-5-12(19)13(8-11)20-3)15-7-6-14-17-16-9-18(14)2/h4-5,8-10,15,19H,6-7H2,1-3H3. The maximum Gasteiger partial charge on any atom is 0.160 e. The van der Waals surface area contributed by atoms with Gasteiger partial charge in [0.2, 0.25) is 0 Å². The maximum atomic E-state index is 9.58. The number of hydrogen-bond acceptors (Lipinski definition) is 5. The lowest BCUT2D eigenvalue weighted by Crippen LogP contribution is -2.22. The Balaban J connectivity index is 1.91. The van der Waals surface area contributed by atoms with Gasteiger partial charge in [-0.25, -0.2) is 0 Å². The van der Waals surface area contributed by atoms with E-state index in [1.807, 2.05) is 23.7 Å². The Morgan fingerprint density at radius 1 is 1.45 bits per heavy atom. The lowest BCUT2D eigenvalue weighted by atomic mass is 10.1. The number of hydrogen-bond donors (Lipinski definition) is 2. The Morgan fingerprint density at radius 3 is 2.90 bits per heavy atom. The summed E-state index contributed by atoms with van der Waals surface area (Å²) < 4.78 is 7.03. The zero-order valence-corrected chi connectivity index (χ0v) is 12.0. The number of nitrogens with zero attached hydrogens (tertiary/aromatic N) is 3. The van der Waals surface area contributed by atoms with Crippen molar-refractivity contribution in [2.75, 3.05) is 13.7 Å². The average molecular weight is 276 g/mol. The minimum absolute atomic E-state index is 0.155. The number of aryl methyl sites for hydroxylation is 1. The number of aromatic hydroxyl groups is 1. The van der Waals surface area contributed by atoms with E-state index in [-0.39, 0.29) is 11.8 Å². The van der Waals surface area contributed by atoms with Gasteiger partial charge in [0.25, 0.3) is 0 Å². The smallest absolute Gasteiger partial charge is 0.160 e. The van der Waals surface area contributed by atoms with Gasteiger partial charge in [-0.3, -0.25) is 0 Å². The third kappa shape index (κ3) is 3.27. The van der Waals surface area contributed by atoms with Crippen molar-refractivity contribution >= 4 is 0 Å². The molecule has 1 atom stereocenters. The number of ether oxygens (including phenoxy) is 1. The molecule has 1 aromatic carbocycles. The van der Waals surface area contributed by atoms with Gasteiger partial charge < -0.3 is 19.7 Å². The minimum atomic E-state index is 0.155. The van der Waals surface area contributed by atoms with Crippen LogP contribution in [-0.4, -0.2) is 33.5 Å². The Hall–Kier alpha value is -2.08. The number of rotatable bonds is 6. The molecule has 108 valence electrons. The summed E-state index contributed by atoms with van der Waals surface area (Å²) in [5, 5.41) is 20.9. The highest BCUT2D eigenvalue weighted by atomic mass is 16.5. The lowest BCUT2D eigenvalue weighted by Gasteiger charge is -2.15. The van der Waals surface area contributed by atoms with Crippen LogP contribution in [0.25, 0.3) is 0 Å². The van der Waals surface area contributed by atoms with Gasteiger partial charge in [0.15, 0.2) is 11.5 Å². The summed E-state index contributed by atoms with van der Waals surface area (Å²) in [6.07, 6.45) is 2.51. The number of aromatic nitrogens is 3. The highest BCUT2D eigenvalue weighted by Gasteiger charge is 2.09. The lowest BCUT2D eigenvalue weighted by molar-refractivity contribution is 0.372. The molecule has 0 aliphatic rings. The molecule has 0 bridgehead atoms. The molecule has 0 radical (unpaired) electrons. The van der Waals surface area contributed by atoms with Crippen LogP contribution in [0.3, 0.4) is 0 Å². The molecule has 0 aliphatic heterocycles. The summed E-state index contributed by atoms with van der Waals surface area (Å²) in [5.74, 6) is 1.60. The van der Waals surface area contributed by atoms with Crippen LogP contribution < -0.4 is 10.1 Å². The first-order chi connectivity index (χ1) is 9.61. The van der Waals surface area contributed by atoms with Gasteiger partial charge in [-0.05, 0) is 24.6 Å². The molecular weight excluding hydrogens is 256 g/mol. The summed E-state index contributed by atoms with van der Waals surface area (Å²) in [6, 6.07) is 5.54. The van der Waals surface area contributed by atoms with Crippen LogP contribution >= 0.6 is 0 Å². The number of phenolic OH excluding ortho intramolecular Hbond substituents is 1. The van der Waals surface area contributed by atoms with E-state index in [2.05, 4.69) is 22.4 Å². The summed E-state index contributed by atoms with van der Waals surface area (Å²) in [7, 11) is 3.48. The highest BCUT2D eigenvalue weighted by molar-refractivity contribution is 5.42. The Morgan fingerprint density at radius 2 is 2.25 bits per heavy atom. The predicted molar refractivity (Wildman–Crippen MR) is 75.8 cm³/mol. The molecular formula is C14H20N4O2. The van der Waals surface area contributed by atoms with Crippen molar-refractivity contribution in [3.05, 3.63) is 35.9 Å². The van der Waals surface area contributed by atoms with Crippen LogP contribution in [0.1, 0.15) is 24.4 Å². The number of phenols is 1. The molecule has 0 fully saturated rings. The maximum absolute atomic E-state index is 9.58. The van der Waals surface area contributed by atoms with Crippen molar-refractivity contribution in [2.45, 2.75) is 19.4 Å². The molecule has 0 amide bonds. The van der Waals surface area contributed by atoms with E-state index in [9.17, 15) is 5.11 Å². The SMILES string of the molecule is COc1cc(C(C)NCCc2nncn2C)ccc1O. The first-order valence-electron chi connectivity index (χ1n) is 6.55. The summed E-state index contributed by atoms with van der Waals surface area (Å²) >= 11 is 0. The van der Waals surface area contributed by atoms with Crippen LogP contribution in [0, 0.1) is 0 Å². The van der Waals surface area contributed by atoms with E-state index in [1.165, 1.54) is 0 Å². The molecule has 6 nitrogen and oxygen atoms in total. The number of benzene rings is 1.